The summed E-state index contributed by atoms with van der Waals surface area (Å²) in [4.78, 5) is 42.0. The number of nitrogens with one attached hydrogen (secondary N) is 2. The average molecular weight is 430 g/mol. The predicted molar refractivity (Wildman–Crippen MR) is 122 cm³/mol. The number of H-pyrrole nitrogens is 1. The molecule has 32 heavy (non-hydrogen) atoms. The van der Waals surface area contributed by atoms with Gasteiger partial charge in [-0.05, 0) is 30.3 Å². The van der Waals surface area contributed by atoms with Gasteiger partial charge in [-0.15, -0.1) is 0 Å². The van der Waals surface area contributed by atoms with Crippen LogP contribution >= 0.6 is 0 Å². The fraction of sp³-hybridized carbons (Fsp3) is 0.208. The molecule has 0 saturated carbocycles. The van der Waals surface area contributed by atoms with Crippen molar-refractivity contribution in [2.24, 2.45) is 0 Å². The molecule has 1 saturated heterocycles. The minimum Gasteiger partial charge on any atom is -0.378 e. The lowest BCUT2D eigenvalue weighted by Gasteiger charge is -2.27. The molecule has 0 bridgehead atoms. The third-order valence-corrected chi connectivity index (χ3v) is 5.69. The summed E-state index contributed by atoms with van der Waals surface area (Å²) in [6.07, 6.45) is 1.87. The normalized spacial score (nSPS) is 14.1. The summed E-state index contributed by atoms with van der Waals surface area (Å²) in [5.74, 6) is -0.294. The van der Waals surface area contributed by atoms with Crippen LogP contribution in [-0.2, 0) is 16.1 Å². The van der Waals surface area contributed by atoms with Crippen molar-refractivity contribution >= 4 is 39.3 Å². The molecule has 8 nitrogen and oxygen atoms in total. The molecule has 2 N–H and O–H groups in total. The maximum absolute atomic E-state index is 12.9. The van der Waals surface area contributed by atoms with E-state index >= 15 is 0 Å². The van der Waals surface area contributed by atoms with Crippen molar-refractivity contribution in [1.82, 2.24) is 14.5 Å². The van der Waals surface area contributed by atoms with Crippen molar-refractivity contribution in [3.05, 3.63) is 76.7 Å². The lowest BCUT2D eigenvalue weighted by atomic mass is 10.1. The number of rotatable bonds is 4. The molecule has 5 rings (SSSR count). The second-order valence-corrected chi connectivity index (χ2v) is 7.76. The van der Waals surface area contributed by atoms with Gasteiger partial charge in [0.05, 0.1) is 18.8 Å². The van der Waals surface area contributed by atoms with Crippen molar-refractivity contribution in [3.63, 3.8) is 0 Å². The zero-order valence-electron chi connectivity index (χ0n) is 17.3. The van der Waals surface area contributed by atoms with E-state index in [0.29, 0.717) is 48.5 Å². The Morgan fingerprint density at radius 2 is 1.84 bits per heavy atom. The van der Waals surface area contributed by atoms with Crippen LogP contribution in [0.4, 0.5) is 5.69 Å². The fourth-order valence-corrected chi connectivity index (χ4v) is 4.07. The smallest absolute Gasteiger partial charge is 0.256 e. The Labute approximate surface area is 183 Å². The minimum atomic E-state index is -0.353. The van der Waals surface area contributed by atoms with Gasteiger partial charge in [-0.1, -0.05) is 18.2 Å². The SMILES string of the molecule is O=C(Nc1ccc2c(ccn2CC(=O)N2CCOCC2)c1)c1cc(=O)[nH]c2ccccc12. The van der Waals surface area contributed by atoms with Gasteiger partial charge >= 0.3 is 0 Å². The number of morpholine rings is 1. The predicted octanol–water partition coefficient (Wildman–Crippen LogP) is 2.59. The van der Waals surface area contributed by atoms with Gasteiger partial charge in [0, 0.05) is 52.8 Å². The summed E-state index contributed by atoms with van der Waals surface area (Å²) in [6.45, 7) is 2.64. The standard InChI is InChI=1S/C24H22N4O4/c29-22-14-19(18-3-1-2-4-20(18)26-22)24(31)25-17-5-6-21-16(13-17)7-8-28(21)15-23(30)27-9-11-32-12-10-27/h1-8,13-14H,9-12,15H2,(H,25,31)(H,26,29). The molecule has 0 unspecified atom stereocenters. The van der Waals surface area contributed by atoms with Crippen LogP contribution in [0.3, 0.4) is 0 Å². The summed E-state index contributed by atoms with van der Waals surface area (Å²) in [6, 6.07) is 16.0. The van der Waals surface area contributed by atoms with E-state index in [1.54, 1.807) is 18.2 Å². The van der Waals surface area contributed by atoms with Gasteiger partial charge in [-0.3, -0.25) is 14.4 Å². The van der Waals surface area contributed by atoms with Gasteiger partial charge in [0.25, 0.3) is 5.91 Å². The van der Waals surface area contributed by atoms with E-state index in [9.17, 15) is 14.4 Å². The number of hydrogen-bond donors (Lipinski definition) is 2. The second-order valence-electron chi connectivity index (χ2n) is 7.76. The number of amides is 2. The van der Waals surface area contributed by atoms with Crippen LogP contribution in [0.5, 0.6) is 0 Å². The first kappa shape index (κ1) is 20.0. The topological polar surface area (TPSA) is 96.4 Å². The van der Waals surface area contributed by atoms with Crippen molar-refractivity contribution in [1.29, 1.82) is 0 Å². The molecule has 1 fully saturated rings. The summed E-state index contributed by atoms with van der Waals surface area (Å²) < 4.78 is 7.21. The highest BCUT2D eigenvalue weighted by Gasteiger charge is 2.18. The van der Waals surface area contributed by atoms with Crippen molar-refractivity contribution < 1.29 is 14.3 Å². The van der Waals surface area contributed by atoms with Crippen LogP contribution in [0.25, 0.3) is 21.8 Å². The Morgan fingerprint density at radius 3 is 2.69 bits per heavy atom. The van der Waals surface area contributed by atoms with Crippen LogP contribution in [0, 0.1) is 0 Å². The number of ether oxygens (including phenoxy) is 1. The second kappa shape index (κ2) is 8.32. The minimum absolute atomic E-state index is 0.0596. The van der Waals surface area contributed by atoms with Crippen LogP contribution in [-0.4, -0.2) is 52.6 Å². The Hall–Kier alpha value is -3.91. The highest BCUT2D eigenvalue weighted by atomic mass is 16.5. The number of carbonyl (C=O) groups excluding carboxylic acids is 2. The zero-order chi connectivity index (χ0) is 22.1. The number of para-hydroxylation sites is 1. The van der Waals surface area contributed by atoms with E-state index in [1.165, 1.54) is 6.07 Å². The van der Waals surface area contributed by atoms with Gasteiger partial charge in [-0.2, -0.15) is 0 Å². The molecule has 8 heteroatoms. The van der Waals surface area contributed by atoms with Crippen molar-refractivity contribution in [2.75, 3.05) is 31.6 Å². The largest absolute Gasteiger partial charge is 0.378 e. The summed E-state index contributed by atoms with van der Waals surface area (Å²) >= 11 is 0. The Balaban J connectivity index is 1.37. The number of anilines is 1. The number of carbonyl (C=O) groups is 2. The average Bonchev–Trinajstić information content (AvgIpc) is 3.20. The molecule has 2 amide bonds. The fourth-order valence-electron chi connectivity index (χ4n) is 4.07. The zero-order valence-corrected chi connectivity index (χ0v) is 17.3. The summed E-state index contributed by atoms with van der Waals surface area (Å²) in [5, 5.41) is 4.47. The van der Waals surface area contributed by atoms with Gasteiger partial charge in [-0.25, -0.2) is 0 Å². The van der Waals surface area contributed by atoms with E-state index in [0.717, 1.165) is 10.9 Å². The van der Waals surface area contributed by atoms with Gasteiger partial charge < -0.3 is 24.5 Å². The maximum Gasteiger partial charge on any atom is 0.256 e. The van der Waals surface area contributed by atoms with Gasteiger partial charge in [0.15, 0.2) is 0 Å². The number of fused-ring (bicyclic) bond motifs is 2. The Bertz CT molecular complexity index is 1380. The van der Waals surface area contributed by atoms with E-state index in [-0.39, 0.29) is 23.9 Å². The molecular formula is C24H22N4O4. The van der Waals surface area contributed by atoms with Gasteiger partial charge in [0.1, 0.15) is 6.54 Å². The third-order valence-electron chi connectivity index (χ3n) is 5.69. The highest BCUT2D eigenvalue weighted by Crippen LogP contribution is 2.22. The molecule has 2 aromatic carbocycles. The van der Waals surface area contributed by atoms with Gasteiger partial charge in [0.2, 0.25) is 11.5 Å². The Kier molecular flexibility index (Phi) is 5.20. The number of benzene rings is 2. The molecular weight excluding hydrogens is 408 g/mol. The maximum atomic E-state index is 12.9. The molecule has 1 aliphatic heterocycles. The Morgan fingerprint density at radius 1 is 1.03 bits per heavy atom. The molecule has 162 valence electrons. The van der Waals surface area contributed by atoms with Crippen molar-refractivity contribution in [3.8, 4) is 0 Å². The van der Waals surface area contributed by atoms with Crippen LogP contribution < -0.4 is 10.9 Å². The number of hydrogen-bond acceptors (Lipinski definition) is 4. The summed E-state index contributed by atoms with van der Waals surface area (Å²) in [7, 11) is 0. The lowest BCUT2D eigenvalue weighted by Crippen LogP contribution is -2.42. The molecule has 4 aromatic rings. The van der Waals surface area contributed by atoms with Crippen molar-refractivity contribution in [2.45, 2.75) is 6.54 Å². The van der Waals surface area contributed by atoms with Crippen LogP contribution in [0.1, 0.15) is 10.4 Å². The third kappa shape index (κ3) is 3.88. The highest BCUT2D eigenvalue weighted by molar-refractivity contribution is 6.12. The van der Waals surface area contributed by atoms with E-state index in [4.69, 9.17) is 4.74 Å². The molecule has 2 aromatic heterocycles. The molecule has 0 radical (unpaired) electrons. The first-order valence-corrected chi connectivity index (χ1v) is 10.5. The number of nitrogens with zero attached hydrogens (tertiary/aromatic N) is 2. The monoisotopic (exact) mass is 430 g/mol. The molecule has 1 aliphatic rings. The quantitative estimate of drug-likeness (QED) is 0.520. The molecule has 0 aliphatic carbocycles. The molecule has 0 atom stereocenters. The van der Waals surface area contributed by atoms with E-state index in [2.05, 4.69) is 10.3 Å². The van der Waals surface area contributed by atoms with Crippen LogP contribution in [0.2, 0.25) is 0 Å². The molecule has 3 heterocycles. The summed E-state index contributed by atoms with van der Waals surface area (Å²) in [5.41, 5.74) is 2.13. The lowest BCUT2D eigenvalue weighted by molar-refractivity contribution is -0.135. The molecule has 0 spiro atoms. The number of pyridine rings is 1. The van der Waals surface area contributed by atoms with E-state index < -0.39 is 0 Å². The first-order chi connectivity index (χ1) is 15.6. The number of aromatic nitrogens is 2. The number of aromatic amines is 1. The first-order valence-electron chi connectivity index (χ1n) is 10.5. The van der Waals surface area contributed by atoms with E-state index in [1.807, 2.05) is 46.0 Å². The van der Waals surface area contributed by atoms with Crippen LogP contribution in [0.15, 0.2) is 65.6 Å².